The van der Waals surface area contributed by atoms with Gasteiger partial charge in [0.1, 0.15) is 0 Å². The molecule has 0 bridgehead atoms. The first-order valence-electron chi connectivity index (χ1n) is 6.84. The van der Waals surface area contributed by atoms with Crippen LogP contribution in [0, 0.1) is 0 Å². The summed E-state index contributed by atoms with van der Waals surface area (Å²) < 4.78 is 2.28. The molecule has 1 heterocycles. The third kappa shape index (κ3) is 4.06. The fourth-order valence-corrected chi connectivity index (χ4v) is 3.67. The summed E-state index contributed by atoms with van der Waals surface area (Å²) in [5.74, 6) is 0. The number of benzene rings is 1. The molecule has 18 heavy (non-hydrogen) atoms. The van der Waals surface area contributed by atoms with E-state index in [9.17, 15) is 0 Å². The van der Waals surface area contributed by atoms with Crippen molar-refractivity contribution >= 4 is 37.5 Å². The average molecular weight is 326 g/mol. The molecular weight excluding hydrogens is 306 g/mol. The van der Waals surface area contributed by atoms with Crippen LogP contribution in [-0.2, 0) is 6.42 Å². The minimum absolute atomic E-state index is 0.981. The van der Waals surface area contributed by atoms with E-state index in [0.717, 1.165) is 9.43 Å². The lowest BCUT2D eigenvalue weighted by atomic mass is 10.0. The van der Waals surface area contributed by atoms with Crippen molar-refractivity contribution < 1.29 is 0 Å². The number of unbranched alkanes of at least 4 members (excludes halogenated alkanes) is 5. The Morgan fingerprint density at radius 2 is 1.89 bits per heavy atom. The Morgan fingerprint density at radius 1 is 1.11 bits per heavy atom. The fourth-order valence-electron chi connectivity index (χ4n) is 2.21. The summed E-state index contributed by atoms with van der Waals surface area (Å²) in [5.41, 5.74) is 2.56. The molecule has 2 aromatic rings. The van der Waals surface area contributed by atoms with Gasteiger partial charge in [-0.25, -0.2) is 4.98 Å². The zero-order valence-electron chi connectivity index (χ0n) is 10.9. The maximum Gasteiger partial charge on any atom is 0.160 e. The third-order valence-electron chi connectivity index (χ3n) is 3.25. The number of halogens is 1. The van der Waals surface area contributed by atoms with Crippen molar-refractivity contribution in [1.82, 2.24) is 4.98 Å². The summed E-state index contributed by atoms with van der Waals surface area (Å²) >= 11 is 5.17. The Hall–Kier alpha value is -0.410. The molecule has 1 aromatic heterocycles. The molecule has 1 nitrogen and oxygen atoms in total. The second kappa shape index (κ2) is 7.25. The smallest absolute Gasteiger partial charge is 0.160 e. The van der Waals surface area contributed by atoms with E-state index in [1.165, 1.54) is 55.2 Å². The van der Waals surface area contributed by atoms with Crippen LogP contribution in [0.1, 0.15) is 51.0 Å². The molecule has 0 saturated heterocycles. The molecular formula is C15H20BrNS. The zero-order valence-corrected chi connectivity index (χ0v) is 13.3. The van der Waals surface area contributed by atoms with Gasteiger partial charge in [0.2, 0.25) is 0 Å². The number of fused-ring (bicyclic) bond motifs is 1. The van der Waals surface area contributed by atoms with E-state index in [0.29, 0.717) is 0 Å². The molecule has 2 rings (SSSR count). The molecule has 0 fully saturated rings. The summed E-state index contributed by atoms with van der Waals surface area (Å²) in [5, 5.41) is 0. The lowest BCUT2D eigenvalue weighted by molar-refractivity contribution is 0.607. The maximum absolute atomic E-state index is 4.42. The summed E-state index contributed by atoms with van der Waals surface area (Å²) in [6, 6.07) is 6.66. The number of aromatic nitrogens is 1. The number of rotatable bonds is 7. The first-order valence-corrected chi connectivity index (χ1v) is 8.45. The quantitative estimate of drug-likeness (QED) is 0.572. The van der Waals surface area contributed by atoms with Crippen molar-refractivity contribution in [1.29, 1.82) is 0 Å². The molecule has 0 aliphatic carbocycles. The summed E-state index contributed by atoms with van der Waals surface area (Å²) in [4.78, 5) is 4.42. The second-order valence-electron chi connectivity index (χ2n) is 4.79. The van der Waals surface area contributed by atoms with Crippen LogP contribution < -0.4 is 0 Å². The van der Waals surface area contributed by atoms with E-state index < -0.39 is 0 Å². The third-order valence-corrected chi connectivity index (χ3v) is 4.72. The van der Waals surface area contributed by atoms with Crippen LogP contribution in [0.4, 0.5) is 0 Å². The van der Waals surface area contributed by atoms with Crippen molar-refractivity contribution in [3.05, 3.63) is 27.7 Å². The monoisotopic (exact) mass is 325 g/mol. The van der Waals surface area contributed by atoms with Gasteiger partial charge in [0.25, 0.3) is 0 Å². The van der Waals surface area contributed by atoms with Crippen LogP contribution in [-0.4, -0.2) is 4.98 Å². The number of aryl methyl sites for hydroxylation is 1. The molecule has 0 aliphatic rings. The van der Waals surface area contributed by atoms with E-state index in [-0.39, 0.29) is 0 Å². The normalized spacial score (nSPS) is 11.2. The molecule has 0 spiro atoms. The molecule has 0 amide bonds. The maximum atomic E-state index is 4.42. The number of nitrogens with zero attached hydrogens (tertiary/aromatic N) is 1. The first kappa shape index (κ1) is 14.0. The second-order valence-corrected chi connectivity index (χ2v) is 7.09. The molecule has 98 valence electrons. The topological polar surface area (TPSA) is 12.9 Å². The molecule has 0 unspecified atom stereocenters. The largest absolute Gasteiger partial charge is 0.229 e. The Labute approximate surface area is 122 Å². The predicted octanol–water partition coefficient (Wildman–Crippen LogP) is 5.96. The van der Waals surface area contributed by atoms with E-state index in [4.69, 9.17) is 0 Å². The molecule has 0 atom stereocenters. The van der Waals surface area contributed by atoms with Crippen LogP contribution in [0.15, 0.2) is 22.1 Å². The minimum atomic E-state index is 0.981. The molecule has 1 aromatic carbocycles. The predicted molar refractivity (Wildman–Crippen MR) is 84.4 cm³/mol. The molecule has 0 saturated carbocycles. The SMILES string of the molecule is CCCCCCCCc1ccc2nc(Br)sc2c1. The van der Waals surface area contributed by atoms with Gasteiger partial charge in [0, 0.05) is 0 Å². The van der Waals surface area contributed by atoms with Crippen LogP contribution in [0.3, 0.4) is 0 Å². The Bertz CT molecular complexity index is 492. The lowest BCUT2D eigenvalue weighted by Gasteiger charge is -2.02. The Balaban J connectivity index is 1.80. The first-order chi connectivity index (χ1) is 8.79. The molecule has 0 radical (unpaired) electrons. The van der Waals surface area contributed by atoms with Crippen LogP contribution in [0.25, 0.3) is 10.2 Å². The number of hydrogen-bond acceptors (Lipinski definition) is 2. The van der Waals surface area contributed by atoms with Crippen molar-refractivity contribution in [3.63, 3.8) is 0 Å². The van der Waals surface area contributed by atoms with Gasteiger partial charge in [-0.3, -0.25) is 0 Å². The van der Waals surface area contributed by atoms with Gasteiger partial charge in [-0.2, -0.15) is 0 Å². The average Bonchev–Trinajstić information content (AvgIpc) is 2.73. The highest BCUT2D eigenvalue weighted by Gasteiger charge is 2.02. The summed E-state index contributed by atoms with van der Waals surface area (Å²) in [6.45, 7) is 2.27. The lowest BCUT2D eigenvalue weighted by Crippen LogP contribution is -1.86. The van der Waals surface area contributed by atoms with E-state index >= 15 is 0 Å². The van der Waals surface area contributed by atoms with Gasteiger partial charge in [0.15, 0.2) is 3.92 Å². The van der Waals surface area contributed by atoms with E-state index in [1.54, 1.807) is 11.3 Å². The highest BCUT2D eigenvalue weighted by Crippen LogP contribution is 2.27. The highest BCUT2D eigenvalue weighted by atomic mass is 79.9. The van der Waals surface area contributed by atoms with Crippen molar-refractivity contribution in [2.45, 2.75) is 51.9 Å². The van der Waals surface area contributed by atoms with Crippen LogP contribution >= 0.6 is 27.3 Å². The van der Waals surface area contributed by atoms with Gasteiger partial charge in [-0.05, 0) is 46.5 Å². The van der Waals surface area contributed by atoms with Gasteiger partial charge in [0.05, 0.1) is 10.2 Å². The molecule has 0 N–H and O–H groups in total. The standard InChI is InChI=1S/C15H20BrNS/c1-2-3-4-5-6-7-8-12-9-10-13-14(11-12)18-15(16)17-13/h9-11H,2-8H2,1H3. The Kier molecular flexibility index (Phi) is 5.64. The van der Waals surface area contributed by atoms with Crippen LogP contribution in [0.2, 0.25) is 0 Å². The van der Waals surface area contributed by atoms with Crippen molar-refractivity contribution in [2.75, 3.05) is 0 Å². The van der Waals surface area contributed by atoms with Crippen molar-refractivity contribution in [3.8, 4) is 0 Å². The fraction of sp³-hybridized carbons (Fsp3) is 0.533. The van der Waals surface area contributed by atoms with E-state index in [1.807, 2.05) is 0 Å². The summed E-state index contributed by atoms with van der Waals surface area (Å²) in [7, 11) is 0. The van der Waals surface area contributed by atoms with Crippen molar-refractivity contribution in [2.24, 2.45) is 0 Å². The molecule has 0 aliphatic heterocycles. The van der Waals surface area contributed by atoms with Gasteiger partial charge >= 0.3 is 0 Å². The van der Waals surface area contributed by atoms with Gasteiger partial charge in [-0.1, -0.05) is 45.1 Å². The Morgan fingerprint density at radius 3 is 2.72 bits per heavy atom. The highest BCUT2D eigenvalue weighted by molar-refractivity contribution is 9.11. The number of thiazole rings is 1. The minimum Gasteiger partial charge on any atom is -0.229 e. The summed E-state index contributed by atoms with van der Waals surface area (Å²) in [6.07, 6.45) is 9.40. The van der Waals surface area contributed by atoms with Gasteiger partial charge in [-0.15, -0.1) is 11.3 Å². The zero-order chi connectivity index (χ0) is 12.8. The molecule has 3 heteroatoms. The number of hydrogen-bond donors (Lipinski definition) is 0. The van der Waals surface area contributed by atoms with E-state index in [2.05, 4.69) is 46.0 Å². The van der Waals surface area contributed by atoms with Gasteiger partial charge < -0.3 is 0 Å². The van der Waals surface area contributed by atoms with Crippen LogP contribution in [0.5, 0.6) is 0 Å².